The van der Waals surface area contributed by atoms with E-state index in [4.69, 9.17) is 10.00 Å². The number of aromatic nitrogens is 2. The third-order valence-electron chi connectivity index (χ3n) is 5.71. The lowest BCUT2D eigenvalue weighted by molar-refractivity contribution is 0.0963. The molecule has 4 rings (SSSR count). The molecule has 1 aromatic heterocycles. The highest BCUT2D eigenvalue weighted by Gasteiger charge is 2.20. The number of carbonyl (C=O) groups is 1. The fraction of sp³-hybridized carbons (Fsp3) is 0.280. The van der Waals surface area contributed by atoms with Crippen molar-refractivity contribution in [1.29, 1.82) is 5.26 Å². The minimum Gasteiger partial charge on any atom is -0.479 e. The highest BCUT2D eigenvalue weighted by molar-refractivity contribution is 6.00. The van der Waals surface area contributed by atoms with Crippen molar-refractivity contribution in [2.45, 2.75) is 0 Å². The monoisotopic (exact) mass is 490 g/mol. The third-order valence-corrected chi connectivity index (χ3v) is 5.71. The van der Waals surface area contributed by atoms with Crippen LogP contribution in [-0.2, 0) is 0 Å². The van der Waals surface area contributed by atoms with E-state index in [1.54, 1.807) is 37.4 Å². The summed E-state index contributed by atoms with van der Waals surface area (Å²) in [4.78, 5) is 25.4. The van der Waals surface area contributed by atoms with E-state index in [-0.39, 0.29) is 24.3 Å². The van der Waals surface area contributed by atoms with E-state index in [0.29, 0.717) is 22.7 Å². The number of nitrogens with one attached hydrogen (secondary N) is 3. The van der Waals surface area contributed by atoms with E-state index >= 15 is 0 Å². The number of halogens is 1. The summed E-state index contributed by atoms with van der Waals surface area (Å²) in [6, 6.07) is 14.2. The highest BCUT2D eigenvalue weighted by Crippen LogP contribution is 2.28. The van der Waals surface area contributed by atoms with E-state index < -0.39 is 5.82 Å². The van der Waals surface area contributed by atoms with Gasteiger partial charge in [-0.05, 0) is 37.4 Å². The van der Waals surface area contributed by atoms with Crippen molar-refractivity contribution in [3.05, 3.63) is 60.0 Å². The fourth-order valence-electron chi connectivity index (χ4n) is 3.81. The van der Waals surface area contributed by atoms with Crippen LogP contribution in [0, 0.1) is 17.1 Å². The molecule has 0 aliphatic carbocycles. The number of nitrogens with zero attached hydrogens (tertiary/aromatic N) is 5. The minimum atomic E-state index is -0.639. The average Bonchev–Trinajstić information content (AvgIpc) is 2.89. The molecule has 1 saturated heterocycles. The molecule has 2 heterocycles. The number of carbonyl (C=O) groups excluding carboxylic acids is 1. The predicted molar refractivity (Wildman–Crippen MR) is 136 cm³/mol. The Morgan fingerprint density at radius 3 is 2.67 bits per heavy atom. The van der Waals surface area contributed by atoms with Crippen LogP contribution in [0.25, 0.3) is 0 Å². The van der Waals surface area contributed by atoms with Crippen molar-refractivity contribution in [1.82, 2.24) is 20.2 Å². The number of benzene rings is 2. The lowest BCUT2D eigenvalue weighted by Gasteiger charge is -2.35. The topological polar surface area (TPSA) is 118 Å². The summed E-state index contributed by atoms with van der Waals surface area (Å²) >= 11 is 0. The number of ether oxygens (including phenoxy) is 1. The average molecular weight is 491 g/mol. The number of rotatable bonds is 8. The van der Waals surface area contributed by atoms with E-state index in [1.165, 1.54) is 0 Å². The Morgan fingerprint density at radius 2 is 1.92 bits per heavy atom. The van der Waals surface area contributed by atoms with Gasteiger partial charge in [-0.3, -0.25) is 4.79 Å². The van der Waals surface area contributed by atoms with Gasteiger partial charge in [0.25, 0.3) is 5.91 Å². The molecule has 2 aromatic carbocycles. The first kappa shape index (κ1) is 24.7. The molecule has 1 aliphatic heterocycles. The molecule has 3 N–H and O–H groups in total. The molecular formula is C25H27FN8O2. The normalized spacial score (nSPS) is 13.6. The molecule has 1 aliphatic rings. The number of hydrogen-bond donors (Lipinski definition) is 3. The molecule has 10 nitrogen and oxygen atoms in total. The van der Waals surface area contributed by atoms with Crippen molar-refractivity contribution in [3.8, 4) is 11.8 Å². The first-order chi connectivity index (χ1) is 17.5. The molecule has 36 heavy (non-hydrogen) atoms. The maximum absolute atomic E-state index is 14.4. The standard InChI is InChI=1S/C25H27FN8O2/c1-28-24(35)20-15-18(6-7-22(20)34-11-9-33(2)10-12-34)31-25-29-16-21(26)23(32-25)30-17-4-3-5-19(14-17)36-13-8-27/h3-7,14-16H,9-13H2,1-2H3,(H,28,35)(H2,29,30,31,32). The quantitative estimate of drug-likeness (QED) is 0.438. The second kappa shape index (κ2) is 11.3. The van der Waals surface area contributed by atoms with Gasteiger partial charge in [0.15, 0.2) is 18.2 Å². The molecule has 0 bridgehead atoms. The van der Waals surface area contributed by atoms with Gasteiger partial charge in [-0.25, -0.2) is 9.37 Å². The van der Waals surface area contributed by atoms with Crippen molar-refractivity contribution in [2.24, 2.45) is 0 Å². The van der Waals surface area contributed by atoms with E-state index in [2.05, 4.69) is 42.8 Å². The van der Waals surface area contributed by atoms with Crippen LogP contribution >= 0.6 is 0 Å². The van der Waals surface area contributed by atoms with Crippen molar-refractivity contribution in [2.75, 3.05) is 62.4 Å². The molecule has 3 aromatic rings. The van der Waals surface area contributed by atoms with Crippen LogP contribution in [0.1, 0.15) is 10.4 Å². The van der Waals surface area contributed by atoms with Crippen molar-refractivity contribution >= 4 is 34.7 Å². The van der Waals surface area contributed by atoms with Gasteiger partial charge in [0.2, 0.25) is 5.95 Å². The first-order valence-electron chi connectivity index (χ1n) is 11.4. The molecule has 0 atom stereocenters. The van der Waals surface area contributed by atoms with Gasteiger partial charge in [-0.2, -0.15) is 10.2 Å². The Bertz CT molecular complexity index is 1270. The Morgan fingerprint density at radius 1 is 1.14 bits per heavy atom. The van der Waals surface area contributed by atoms with Gasteiger partial charge in [0.1, 0.15) is 11.8 Å². The van der Waals surface area contributed by atoms with Gasteiger partial charge in [0, 0.05) is 56.4 Å². The van der Waals surface area contributed by atoms with Crippen LogP contribution in [0.5, 0.6) is 5.75 Å². The molecule has 0 unspecified atom stereocenters. The maximum atomic E-state index is 14.4. The van der Waals surface area contributed by atoms with Gasteiger partial charge >= 0.3 is 0 Å². The van der Waals surface area contributed by atoms with Crippen LogP contribution in [-0.4, -0.2) is 67.7 Å². The minimum absolute atomic E-state index is 0.0366. The summed E-state index contributed by atoms with van der Waals surface area (Å²) in [5, 5.41) is 17.3. The van der Waals surface area contributed by atoms with Gasteiger partial charge in [-0.1, -0.05) is 6.07 Å². The highest BCUT2D eigenvalue weighted by atomic mass is 19.1. The largest absolute Gasteiger partial charge is 0.479 e. The molecule has 11 heteroatoms. The Labute approximate surface area is 208 Å². The zero-order chi connectivity index (χ0) is 25.5. The Balaban J connectivity index is 1.54. The number of anilines is 5. The van der Waals surface area contributed by atoms with E-state index in [9.17, 15) is 9.18 Å². The predicted octanol–water partition coefficient (Wildman–Crippen LogP) is 3.12. The van der Waals surface area contributed by atoms with Gasteiger partial charge < -0.3 is 30.5 Å². The second-order valence-electron chi connectivity index (χ2n) is 8.22. The van der Waals surface area contributed by atoms with Crippen molar-refractivity contribution < 1.29 is 13.9 Å². The summed E-state index contributed by atoms with van der Waals surface area (Å²) in [6.07, 6.45) is 1.06. The lowest BCUT2D eigenvalue weighted by Crippen LogP contribution is -2.45. The maximum Gasteiger partial charge on any atom is 0.253 e. The number of amides is 1. The van der Waals surface area contributed by atoms with Crippen molar-refractivity contribution in [3.63, 3.8) is 0 Å². The summed E-state index contributed by atoms with van der Waals surface area (Å²) < 4.78 is 19.7. The molecule has 0 spiro atoms. The van der Waals surface area contributed by atoms with Crippen LogP contribution in [0.15, 0.2) is 48.7 Å². The third kappa shape index (κ3) is 5.97. The number of piperazine rings is 1. The number of likely N-dealkylation sites (N-methyl/N-ethyl adjacent to an activating group) is 1. The summed E-state index contributed by atoms with van der Waals surface area (Å²) in [5.41, 5.74) is 2.51. The van der Waals surface area contributed by atoms with E-state index in [1.807, 2.05) is 18.2 Å². The Hall–Kier alpha value is -4.43. The van der Waals surface area contributed by atoms with Crippen LogP contribution in [0.2, 0.25) is 0 Å². The fourth-order valence-corrected chi connectivity index (χ4v) is 3.81. The molecule has 0 saturated carbocycles. The SMILES string of the molecule is CNC(=O)c1cc(Nc2ncc(F)c(Nc3cccc(OCC#N)c3)n2)ccc1N1CCN(C)CC1. The molecular weight excluding hydrogens is 463 g/mol. The molecule has 0 radical (unpaired) electrons. The number of hydrogen-bond acceptors (Lipinski definition) is 9. The van der Waals surface area contributed by atoms with Gasteiger partial charge in [-0.15, -0.1) is 0 Å². The number of nitriles is 1. The first-order valence-corrected chi connectivity index (χ1v) is 11.4. The smallest absolute Gasteiger partial charge is 0.253 e. The molecule has 1 fully saturated rings. The lowest BCUT2D eigenvalue weighted by atomic mass is 10.1. The molecule has 1 amide bonds. The van der Waals surface area contributed by atoms with E-state index in [0.717, 1.165) is 38.1 Å². The second-order valence-corrected chi connectivity index (χ2v) is 8.22. The van der Waals surface area contributed by atoms with Crippen LogP contribution in [0.3, 0.4) is 0 Å². The van der Waals surface area contributed by atoms with Crippen LogP contribution < -0.4 is 25.6 Å². The summed E-state index contributed by atoms with van der Waals surface area (Å²) in [6.45, 7) is 3.39. The zero-order valence-corrected chi connectivity index (χ0v) is 20.1. The zero-order valence-electron chi connectivity index (χ0n) is 20.1. The Kier molecular flexibility index (Phi) is 7.77. The summed E-state index contributed by atoms with van der Waals surface area (Å²) in [7, 11) is 3.67. The summed E-state index contributed by atoms with van der Waals surface area (Å²) in [5.74, 6) is -0.248. The molecule has 186 valence electrons. The van der Waals surface area contributed by atoms with Gasteiger partial charge in [0.05, 0.1) is 11.8 Å². The van der Waals surface area contributed by atoms with Crippen LogP contribution in [0.4, 0.5) is 33.2 Å².